The third-order valence-electron chi connectivity index (χ3n) is 3.13. The topological polar surface area (TPSA) is 54.5 Å². The second kappa shape index (κ2) is 6.41. The molecule has 4 nitrogen and oxygen atoms in total. The van der Waals surface area contributed by atoms with Gasteiger partial charge < -0.3 is 0 Å². The monoisotopic (exact) mass is 316 g/mol. The van der Waals surface area contributed by atoms with Gasteiger partial charge in [-0.15, -0.1) is 11.3 Å². The zero-order valence-electron chi connectivity index (χ0n) is 11.9. The zero-order chi connectivity index (χ0) is 14.7. The fraction of sp³-hybridized carbons (Fsp3) is 0.267. The largest absolute Gasteiger partial charge is 0.254 e. The van der Waals surface area contributed by atoms with E-state index in [0.29, 0.717) is 5.92 Å². The van der Waals surface area contributed by atoms with Gasteiger partial charge in [0.15, 0.2) is 5.16 Å². The second-order valence-corrected chi connectivity index (χ2v) is 6.82. The molecule has 1 aromatic carbocycles. The van der Waals surface area contributed by atoms with E-state index in [1.54, 1.807) is 23.1 Å². The number of hydrogen-bond acceptors (Lipinski definition) is 5. The Labute approximate surface area is 132 Å². The van der Waals surface area contributed by atoms with Crippen LogP contribution in [0.4, 0.5) is 0 Å². The molecule has 3 rings (SSSR count). The van der Waals surface area contributed by atoms with E-state index in [0.717, 1.165) is 21.6 Å². The first-order valence-corrected chi connectivity index (χ1v) is 8.62. The minimum atomic E-state index is 0.559. The van der Waals surface area contributed by atoms with Crippen LogP contribution in [-0.4, -0.2) is 20.2 Å². The minimum absolute atomic E-state index is 0.559. The molecule has 2 aromatic heterocycles. The van der Waals surface area contributed by atoms with Crippen molar-refractivity contribution in [3.8, 4) is 10.6 Å². The number of aromatic nitrogens is 4. The lowest BCUT2D eigenvalue weighted by molar-refractivity contribution is 0.867. The van der Waals surface area contributed by atoms with Gasteiger partial charge in [-0.3, -0.25) is 5.10 Å². The quantitative estimate of drug-likeness (QED) is 0.711. The molecule has 0 amide bonds. The highest BCUT2D eigenvalue weighted by atomic mass is 32.2. The number of nitrogens with one attached hydrogen (secondary N) is 1. The number of nitrogens with zero attached hydrogens (tertiary/aromatic N) is 3. The van der Waals surface area contributed by atoms with Gasteiger partial charge in [-0.05, 0) is 11.5 Å². The fourth-order valence-corrected chi connectivity index (χ4v) is 3.53. The predicted molar refractivity (Wildman–Crippen MR) is 87.6 cm³/mol. The van der Waals surface area contributed by atoms with E-state index in [9.17, 15) is 0 Å². The van der Waals surface area contributed by atoms with Gasteiger partial charge in [-0.2, -0.15) is 5.10 Å². The van der Waals surface area contributed by atoms with Gasteiger partial charge in [0.25, 0.3) is 0 Å². The van der Waals surface area contributed by atoms with Crippen LogP contribution in [0.1, 0.15) is 31.0 Å². The molecule has 0 saturated carbocycles. The molecule has 0 aliphatic heterocycles. The van der Waals surface area contributed by atoms with Crippen LogP contribution in [0.3, 0.4) is 0 Å². The van der Waals surface area contributed by atoms with Crippen molar-refractivity contribution >= 4 is 23.1 Å². The van der Waals surface area contributed by atoms with Crippen LogP contribution in [-0.2, 0) is 5.75 Å². The molecule has 6 heteroatoms. The molecular weight excluding hydrogens is 300 g/mol. The first-order chi connectivity index (χ1) is 10.2. The number of rotatable bonds is 5. The smallest absolute Gasteiger partial charge is 0.183 e. The third kappa shape index (κ3) is 3.51. The summed E-state index contributed by atoms with van der Waals surface area (Å²) in [5.41, 5.74) is 3.61. The summed E-state index contributed by atoms with van der Waals surface area (Å²) in [7, 11) is 0. The Bertz CT molecular complexity index is 687. The van der Waals surface area contributed by atoms with E-state index >= 15 is 0 Å². The summed E-state index contributed by atoms with van der Waals surface area (Å²) in [6.45, 7) is 4.41. The Morgan fingerprint density at radius 1 is 1.24 bits per heavy atom. The van der Waals surface area contributed by atoms with Crippen LogP contribution in [0.15, 0.2) is 41.1 Å². The molecule has 0 fully saturated rings. The molecule has 0 spiro atoms. The highest BCUT2D eigenvalue weighted by Gasteiger charge is 2.07. The second-order valence-electron chi connectivity index (χ2n) is 5.00. The molecule has 2 heterocycles. The number of H-pyrrole nitrogens is 1. The van der Waals surface area contributed by atoms with Crippen molar-refractivity contribution in [3.05, 3.63) is 47.2 Å². The SMILES string of the molecule is CC(C)c1ccc(-c2nc(CSc3ncn[nH]3)cs2)cc1. The molecule has 0 unspecified atom stereocenters. The fourth-order valence-electron chi connectivity index (χ4n) is 1.92. The van der Waals surface area contributed by atoms with Gasteiger partial charge in [-0.1, -0.05) is 49.9 Å². The average molecular weight is 316 g/mol. The Kier molecular flexibility index (Phi) is 4.36. The molecular formula is C15H16N4S2. The average Bonchev–Trinajstić information content (AvgIpc) is 3.17. The minimum Gasteiger partial charge on any atom is -0.254 e. The Morgan fingerprint density at radius 2 is 2.05 bits per heavy atom. The summed E-state index contributed by atoms with van der Waals surface area (Å²) in [4.78, 5) is 8.78. The van der Waals surface area contributed by atoms with Gasteiger partial charge in [0.1, 0.15) is 11.3 Å². The summed E-state index contributed by atoms with van der Waals surface area (Å²) in [5.74, 6) is 1.36. The van der Waals surface area contributed by atoms with Crippen LogP contribution < -0.4 is 0 Å². The van der Waals surface area contributed by atoms with Gasteiger partial charge in [0, 0.05) is 16.7 Å². The first-order valence-electron chi connectivity index (χ1n) is 6.75. The number of aromatic amines is 1. The first kappa shape index (κ1) is 14.3. The van der Waals surface area contributed by atoms with Crippen LogP contribution in [0, 0.1) is 0 Å². The van der Waals surface area contributed by atoms with Crippen LogP contribution in [0.25, 0.3) is 10.6 Å². The summed E-state index contributed by atoms with van der Waals surface area (Å²) in [5, 5.41) is 10.7. The van der Waals surface area contributed by atoms with E-state index < -0.39 is 0 Å². The maximum atomic E-state index is 4.69. The molecule has 3 aromatic rings. The molecule has 108 valence electrons. The lowest BCUT2D eigenvalue weighted by atomic mass is 10.0. The van der Waals surface area contributed by atoms with Crippen molar-refractivity contribution in [2.45, 2.75) is 30.7 Å². The van der Waals surface area contributed by atoms with Crippen molar-refractivity contribution in [1.29, 1.82) is 0 Å². The maximum absolute atomic E-state index is 4.69. The van der Waals surface area contributed by atoms with Gasteiger partial charge in [-0.25, -0.2) is 9.97 Å². The molecule has 0 atom stereocenters. The van der Waals surface area contributed by atoms with Crippen LogP contribution in [0.2, 0.25) is 0 Å². The normalized spacial score (nSPS) is 11.2. The standard InChI is InChI=1S/C15H16N4S2/c1-10(2)11-3-5-12(6-4-11)14-18-13(7-20-14)8-21-15-16-9-17-19-15/h3-7,9-10H,8H2,1-2H3,(H,16,17,19). The van der Waals surface area contributed by atoms with Crippen molar-refractivity contribution in [3.63, 3.8) is 0 Å². The molecule has 0 saturated heterocycles. The van der Waals surface area contributed by atoms with Crippen molar-refractivity contribution in [2.24, 2.45) is 0 Å². The molecule has 21 heavy (non-hydrogen) atoms. The van der Waals surface area contributed by atoms with Gasteiger partial charge in [0.2, 0.25) is 0 Å². The molecule has 0 bridgehead atoms. The van der Waals surface area contributed by atoms with Crippen molar-refractivity contribution in [2.75, 3.05) is 0 Å². The number of thioether (sulfide) groups is 1. The molecule has 0 radical (unpaired) electrons. The summed E-state index contributed by atoms with van der Waals surface area (Å²) >= 11 is 3.29. The van der Waals surface area contributed by atoms with Crippen molar-refractivity contribution < 1.29 is 0 Å². The van der Waals surface area contributed by atoms with E-state index in [-0.39, 0.29) is 0 Å². The number of thiazole rings is 1. The molecule has 1 N–H and O–H groups in total. The highest BCUT2D eigenvalue weighted by molar-refractivity contribution is 7.98. The van der Waals surface area contributed by atoms with E-state index in [1.165, 1.54) is 17.5 Å². The molecule has 0 aliphatic rings. The van der Waals surface area contributed by atoms with E-state index in [4.69, 9.17) is 4.98 Å². The Balaban J connectivity index is 1.69. The van der Waals surface area contributed by atoms with Gasteiger partial charge >= 0.3 is 0 Å². The Hall–Kier alpha value is -1.66. The van der Waals surface area contributed by atoms with Crippen LogP contribution >= 0.6 is 23.1 Å². The predicted octanol–water partition coefficient (Wildman–Crippen LogP) is 4.34. The number of benzene rings is 1. The van der Waals surface area contributed by atoms with Crippen LogP contribution in [0.5, 0.6) is 0 Å². The summed E-state index contributed by atoms with van der Waals surface area (Å²) < 4.78 is 0. The summed E-state index contributed by atoms with van der Waals surface area (Å²) in [6, 6.07) is 8.68. The van der Waals surface area contributed by atoms with Gasteiger partial charge in [0.05, 0.1) is 5.69 Å². The molecule has 0 aliphatic carbocycles. The third-order valence-corrected chi connectivity index (χ3v) is 4.98. The zero-order valence-corrected chi connectivity index (χ0v) is 13.5. The lowest BCUT2D eigenvalue weighted by Gasteiger charge is -2.05. The Morgan fingerprint density at radius 3 is 2.71 bits per heavy atom. The lowest BCUT2D eigenvalue weighted by Crippen LogP contribution is -1.87. The highest BCUT2D eigenvalue weighted by Crippen LogP contribution is 2.27. The number of hydrogen-bond donors (Lipinski definition) is 1. The summed E-state index contributed by atoms with van der Waals surface area (Å²) in [6.07, 6.45) is 1.52. The van der Waals surface area contributed by atoms with E-state index in [1.807, 2.05) is 0 Å². The van der Waals surface area contributed by atoms with Crippen molar-refractivity contribution in [1.82, 2.24) is 20.2 Å². The maximum Gasteiger partial charge on any atom is 0.183 e. The van der Waals surface area contributed by atoms with E-state index in [2.05, 4.69) is 58.7 Å².